The predicted octanol–water partition coefficient (Wildman–Crippen LogP) is 2.11. The Morgan fingerprint density at radius 1 is 1.17 bits per heavy atom. The molecule has 124 valence electrons. The molecule has 0 saturated heterocycles. The molecule has 0 unspecified atom stereocenters. The van der Waals surface area contributed by atoms with Crippen LogP contribution >= 0.6 is 0 Å². The number of ether oxygens (including phenoxy) is 1. The molecule has 1 aliphatic carbocycles. The minimum absolute atomic E-state index is 0.237. The van der Waals surface area contributed by atoms with E-state index in [2.05, 4.69) is 10.6 Å². The molecule has 1 aliphatic rings. The second-order valence-corrected chi connectivity index (χ2v) is 5.68. The first-order valence-electron chi connectivity index (χ1n) is 7.82. The van der Waals surface area contributed by atoms with Crippen LogP contribution in [-0.4, -0.2) is 31.4 Å². The summed E-state index contributed by atoms with van der Waals surface area (Å²) in [7, 11) is 1.28. The molecule has 0 bridgehead atoms. The van der Waals surface area contributed by atoms with Crippen molar-refractivity contribution in [2.24, 2.45) is 5.41 Å². The molecule has 0 aromatic heterocycles. The number of amides is 2. The van der Waals surface area contributed by atoms with Crippen molar-refractivity contribution in [3.05, 3.63) is 29.8 Å². The number of unbranched alkanes of at least 4 members (excludes halogenated alkanes) is 1. The molecule has 2 amide bonds. The van der Waals surface area contributed by atoms with Crippen LogP contribution in [-0.2, 0) is 14.3 Å². The number of carbonyl (C=O) groups excluding carboxylic acids is 3. The minimum Gasteiger partial charge on any atom is -0.465 e. The minimum atomic E-state index is -1.00. The van der Waals surface area contributed by atoms with Crippen molar-refractivity contribution >= 4 is 23.5 Å². The van der Waals surface area contributed by atoms with Crippen molar-refractivity contribution in [2.45, 2.75) is 32.6 Å². The molecule has 6 heteroatoms. The fourth-order valence-electron chi connectivity index (χ4n) is 2.35. The Labute approximate surface area is 135 Å². The van der Waals surface area contributed by atoms with Gasteiger partial charge >= 0.3 is 5.97 Å². The van der Waals surface area contributed by atoms with Crippen molar-refractivity contribution in [1.82, 2.24) is 5.32 Å². The summed E-state index contributed by atoms with van der Waals surface area (Å²) in [6.45, 7) is 2.61. The lowest BCUT2D eigenvalue weighted by molar-refractivity contribution is -0.134. The molecule has 1 aromatic rings. The number of esters is 1. The summed E-state index contributed by atoms with van der Waals surface area (Å²) in [5.74, 6) is -1.14. The van der Waals surface area contributed by atoms with Gasteiger partial charge in [-0.05, 0) is 31.4 Å². The summed E-state index contributed by atoms with van der Waals surface area (Å²) >= 11 is 0. The van der Waals surface area contributed by atoms with E-state index in [1.807, 2.05) is 6.92 Å². The lowest BCUT2D eigenvalue weighted by Gasteiger charge is -2.16. The van der Waals surface area contributed by atoms with Crippen LogP contribution in [0.4, 0.5) is 5.69 Å². The first-order valence-corrected chi connectivity index (χ1v) is 7.82. The van der Waals surface area contributed by atoms with Gasteiger partial charge in [-0.3, -0.25) is 9.59 Å². The monoisotopic (exact) mass is 318 g/mol. The summed E-state index contributed by atoms with van der Waals surface area (Å²) in [4.78, 5) is 36.5. The normalized spacial score (nSPS) is 14.7. The van der Waals surface area contributed by atoms with E-state index in [-0.39, 0.29) is 17.4 Å². The maximum atomic E-state index is 12.5. The number of anilines is 1. The van der Waals surface area contributed by atoms with Crippen LogP contribution in [0.3, 0.4) is 0 Å². The van der Waals surface area contributed by atoms with Crippen LogP contribution in [0, 0.1) is 5.41 Å². The number of para-hydroxylation sites is 1. The van der Waals surface area contributed by atoms with E-state index < -0.39 is 11.4 Å². The number of hydrogen-bond donors (Lipinski definition) is 2. The SMILES string of the molecule is CCCCNC(=O)C1(C(=O)Nc2ccccc2C(=O)OC)CC1. The molecular formula is C17H22N2O4. The molecule has 23 heavy (non-hydrogen) atoms. The van der Waals surface area contributed by atoms with Crippen LogP contribution < -0.4 is 10.6 Å². The average molecular weight is 318 g/mol. The van der Waals surface area contributed by atoms with E-state index in [1.54, 1.807) is 24.3 Å². The first kappa shape index (κ1) is 17.0. The maximum Gasteiger partial charge on any atom is 0.339 e. The van der Waals surface area contributed by atoms with Crippen LogP contribution in [0.15, 0.2) is 24.3 Å². The van der Waals surface area contributed by atoms with E-state index in [0.29, 0.717) is 25.1 Å². The lowest BCUT2D eigenvalue weighted by atomic mass is 10.0. The highest BCUT2D eigenvalue weighted by atomic mass is 16.5. The summed E-state index contributed by atoms with van der Waals surface area (Å²) < 4.78 is 4.70. The molecule has 1 fully saturated rings. The fraction of sp³-hybridized carbons (Fsp3) is 0.471. The molecule has 0 spiro atoms. The Kier molecular flexibility index (Phi) is 5.36. The van der Waals surface area contributed by atoms with Crippen molar-refractivity contribution < 1.29 is 19.1 Å². The Morgan fingerprint density at radius 3 is 2.48 bits per heavy atom. The van der Waals surface area contributed by atoms with Gasteiger partial charge in [0, 0.05) is 6.54 Å². The zero-order valence-electron chi connectivity index (χ0n) is 13.5. The Morgan fingerprint density at radius 2 is 1.87 bits per heavy atom. The quantitative estimate of drug-likeness (QED) is 0.458. The molecule has 0 radical (unpaired) electrons. The van der Waals surface area contributed by atoms with Gasteiger partial charge in [0.2, 0.25) is 11.8 Å². The maximum absolute atomic E-state index is 12.5. The van der Waals surface area contributed by atoms with Crippen molar-refractivity contribution in [2.75, 3.05) is 19.0 Å². The fourth-order valence-corrected chi connectivity index (χ4v) is 2.35. The third kappa shape index (κ3) is 3.70. The van der Waals surface area contributed by atoms with E-state index in [4.69, 9.17) is 4.74 Å². The van der Waals surface area contributed by atoms with Crippen molar-refractivity contribution in [3.63, 3.8) is 0 Å². The molecule has 0 heterocycles. The van der Waals surface area contributed by atoms with Crippen LogP contribution in [0.2, 0.25) is 0 Å². The molecule has 0 aliphatic heterocycles. The number of methoxy groups -OCH3 is 1. The molecule has 2 N–H and O–H groups in total. The number of nitrogens with one attached hydrogen (secondary N) is 2. The van der Waals surface area contributed by atoms with Gasteiger partial charge in [-0.25, -0.2) is 4.79 Å². The first-order chi connectivity index (χ1) is 11.0. The summed E-state index contributed by atoms with van der Waals surface area (Å²) in [6.07, 6.45) is 2.91. The Hall–Kier alpha value is -2.37. The lowest BCUT2D eigenvalue weighted by Crippen LogP contribution is -2.40. The molecule has 1 saturated carbocycles. The number of rotatable bonds is 7. The van der Waals surface area contributed by atoms with Gasteiger partial charge in [0.15, 0.2) is 0 Å². The van der Waals surface area contributed by atoms with E-state index in [9.17, 15) is 14.4 Å². The second kappa shape index (κ2) is 7.26. The van der Waals surface area contributed by atoms with Crippen molar-refractivity contribution in [1.29, 1.82) is 0 Å². The van der Waals surface area contributed by atoms with Gasteiger partial charge in [0.25, 0.3) is 0 Å². The van der Waals surface area contributed by atoms with Gasteiger partial charge in [0.05, 0.1) is 18.4 Å². The Bertz CT molecular complexity index is 608. The topological polar surface area (TPSA) is 84.5 Å². The zero-order chi connectivity index (χ0) is 16.9. The van der Waals surface area contributed by atoms with Crippen LogP contribution in [0.25, 0.3) is 0 Å². The van der Waals surface area contributed by atoms with Gasteiger partial charge in [-0.2, -0.15) is 0 Å². The highest BCUT2D eigenvalue weighted by molar-refractivity contribution is 6.14. The summed E-state index contributed by atoms with van der Waals surface area (Å²) in [6, 6.07) is 6.59. The molecule has 2 rings (SSSR count). The largest absolute Gasteiger partial charge is 0.465 e. The van der Waals surface area contributed by atoms with Gasteiger partial charge in [-0.15, -0.1) is 0 Å². The van der Waals surface area contributed by atoms with E-state index in [0.717, 1.165) is 12.8 Å². The van der Waals surface area contributed by atoms with E-state index >= 15 is 0 Å². The highest BCUT2D eigenvalue weighted by Crippen LogP contribution is 2.47. The second-order valence-electron chi connectivity index (χ2n) is 5.68. The average Bonchev–Trinajstić information content (AvgIpc) is 3.36. The van der Waals surface area contributed by atoms with Gasteiger partial charge in [-0.1, -0.05) is 25.5 Å². The van der Waals surface area contributed by atoms with Gasteiger partial charge in [0.1, 0.15) is 5.41 Å². The predicted molar refractivity (Wildman–Crippen MR) is 86.0 cm³/mol. The smallest absolute Gasteiger partial charge is 0.339 e. The zero-order valence-corrected chi connectivity index (χ0v) is 13.5. The Balaban J connectivity index is 2.08. The van der Waals surface area contributed by atoms with E-state index in [1.165, 1.54) is 7.11 Å². The number of hydrogen-bond acceptors (Lipinski definition) is 4. The standard InChI is InChI=1S/C17H22N2O4/c1-3-4-11-18-15(21)17(9-10-17)16(22)19-13-8-6-5-7-12(13)14(20)23-2/h5-8H,3-4,9-11H2,1-2H3,(H,18,21)(H,19,22). The molecule has 6 nitrogen and oxygen atoms in total. The van der Waals surface area contributed by atoms with Crippen LogP contribution in [0.5, 0.6) is 0 Å². The summed E-state index contributed by atoms with van der Waals surface area (Å²) in [5.41, 5.74) is -0.376. The number of benzene rings is 1. The molecular weight excluding hydrogens is 296 g/mol. The molecule has 1 aromatic carbocycles. The summed E-state index contributed by atoms with van der Waals surface area (Å²) in [5, 5.41) is 5.51. The van der Waals surface area contributed by atoms with Crippen molar-refractivity contribution in [3.8, 4) is 0 Å². The molecule has 0 atom stereocenters. The third-order valence-electron chi connectivity index (χ3n) is 4.02. The highest BCUT2D eigenvalue weighted by Gasteiger charge is 2.56. The van der Waals surface area contributed by atoms with Crippen LogP contribution in [0.1, 0.15) is 43.0 Å². The van der Waals surface area contributed by atoms with Gasteiger partial charge < -0.3 is 15.4 Å². The number of carbonyl (C=O) groups is 3. The third-order valence-corrected chi connectivity index (χ3v) is 4.02.